The number of aliphatic hydroxyl groups excluding tert-OH is 2. The molecule has 1 aliphatic carbocycles. The van der Waals surface area contributed by atoms with Crippen molar-refractivity contribution in [1.29, 1.82) is 0 Å². The molecule has 1 aromatic carbocycles. The van der Waals surface area contributed by atoms with Crippen molar-refractivity contribution in [2.24, 2.45) is 0 Å². The third kappa shape index (κ3) is 4.12. The summed E-state index contributed by atoms with van der Waals surface area (Å²) in [5.41, 5.74) is -1.30. The molecule has 1 fully saturated rings. The predicted molar refractivity (Wildman–Crippen MR) is 92.5 cm³/mol. The first-order chi connectivity index (χ1) is 12.2. The van der Waals surface area contributed by atoms with E-state index in [-0.39, 0.29) is 41.1 Å². The molecule has 1 aliphatic rings. The standard InChI is InChI=1S/C19H24O7/c1-2-4-15(22)18-14(5-3-6-16(18)23)19(26)10-13(21)8-11(19)7-12(20)9-17(24)25/h3,5-7,12,15,20,22-23,26H,2,4,8-10H2,1H3,(H,24,25)/b11-7+. The molecule has 1 saturated carbocycles. The second-order valence-corrected chi connectivity index (χ2v) is 6.65. The highest BCUT2D eigenvalue weighted by molar-refractivity contribution is 5.87. The van der Waals surface area contributed by atoms with Crippen LogP contribution < -0.4 is 0 Å². The van der Waals surface area contributed by atoms with Crippen LogP contribution in [0.15, 0.2) is 29.8 Å². The van der Waals surface area contributed by atoms with E-state index in [0.717, 1.165) is 0 Å². The average molecular weight is 364 g/mol. The van der Waals surface area contributed by atoms with Crippen LogP contribution in [0.5, 0.6) is 5.75 Å². The average Bonchev–Trinajstić information content (AvgIpc) is 2.81. The largest absolute Gasteiger partial charge is 0.508 e. The number of ketones is 1. The Hall–Kier alpha value is -2.22. The van der Waals surface area contributed by atoms with Crippen LogP contribution in [-0.4, -0.2) is 43.4 Å². The maximum absolute atomic E-state index is 12.0. The van der Waals surface area contributed by atoms with E-state index in [1.54, 1.807) is 0 Å². The van der Waals surface area contributed by atoms with Crippen molar-refractivity contribution in [1.82, 2.24) is 0 Å². The lowest BCUT2D eigenvalue weighted by atomic mass is 9.82. The Morgan fingerprint density at radius 3 is 2.65 bits per heavy atom. The number of aromatic hydroxyl groups is 1. The summed E-state index contributed by atoms with van der Waals surface area (Å²) in [5, 5.41) is 50.5. The lowest BCUT2D eigenvalue weighted by Gasteiger charge is -2.29. The minimum Gasteiger partial charge on any atom is -0.508 e. The third-order valence-corrected chi connectivity index (χ3v) is 4.57. The molecule has 0 spiro atoms. The number of aliphatic hydroxyl groups is 3. The zero-order chi connectivity index (χ0) is 19.5. The van der Waals surface area contributed by atoms with Crippen molar-refractivity contribution in [2.75, 3.05) is 0 Å². The second kappa shape index (κ2) is 7.99. The molecule has 0 bridgehead atoms. The fourth-order valence-electron chi connectivity index (χ4n) is 3.44. The van der Waals surface area contributed by atoms with Crippen molar-refractivity contribution < 1.29 is 35.1 Å². The summed E-state index contributed by atoms with van der Waals surface area (Å²) in [5.74, 6) is -1.68. The van der Waals surface area contributed by atoms with Crippen LogP contribution in [0.4, 0.5) is 0 Å². The van der Waals surface area contributed by atoms with Crippen molar-refractivity contribution in [3.8, 4) is 5.75 Å². The minimum absolute atomic E-state index is 0.133. The van der Waals surface area contributed by atoms with Gasteiger partial charge in [0.05, 0.1) is 18.6 Å². The van der Waals surface area contributed by atoms with Gasteiger partial charge in [0.15, 0.2) is 0 Å². The molecule has 142 valence electrons. The number of hydrogen-bond donors (Lipinski definition) is 5. The number of Topliss-reactive ketones (excluding diaryl/α,β-unsaturated/α-hetero) is 1. The number of hydrogen-bond acceptors (Lipinski definition) is 6. The van der Waals surface area contributed by atoms with E-state index in [0.29, 0.717) is 12.8 Å². The zero-order valence-corrected chi connectivity index (χ0v) is 14.6. The summed E-state index contributed by atoms with van der Waals surface area (Å²) in [6.45, 7) is 1.87. The summed E-state index contributed by atoms with van der Waals surface area (Å²) in [6, 6.07) is 4.41. The van der Waals surface area contributed by atoms with Gasteiger partial charge in [0.1, 0.15) is 17.1 Å². The lowest BCUT2D eigenvalue weighted by molar-refractivity contribution is -0.138. The van der Waals surface area contributed by atoms with Crippen molar-refractivity contribution >= 4 is 11.8 Å². The van der Waals surface area contributed by atoms with Gasteiger partial charge in [0.2, 0.25) is 0 Å². The topological polar surface area (TPSA) is 135 Å². The van der Waals surface area contributed by atoms with Crippen molar-refractivity contribution in [2.45, 2.75) is 56.8 Å². The first-order valence-electron chi connectivity index (χ1n) is 8.54. The Kier molecular flexibility index (Phi) is 6.17. The quantitative estimate of drug-likeness (QED) is 0.463. The molecule has 0 aromatic heterocycles. The van der Waals surface area contributed by atoms with Crippen LogP contribution in [0.2, 0.25) is 0 Å². The van der Waals surface area contributed by atoms with Gasteiger partial charge in [0.25, 0.3) is 0 Å². The SMILES string of the molecule is CCCC(O)c1c(O)cccc1C1(O)CC(=O)C/C1=C\C(O)CC(=O)O. The molecule has 0 saturated heterocycles. The van der Waals surface area contributed by atoms with Crippen LogP contribution in [0, 0.1) is 0 Å². The number of carbonyl (C=O) groups is 2. The fourth-order valence-corrected chi connectivity index (χ4v) is 3.44. The molecule has 0 amide bonds. The van der Waals surface area contributed by atoms with E-state index in [2.05, 4.69) is 0 Å². The van der Waals surface area contributed by atoms with E-state index in [4.69, 9.17) is 5.11 Å². The number of phenols is 1. The number of carbonyl (C=O) groups excluding carboxylic acids is 1. The van der Waals surface area contributed by atoms with E-state index in [9.17, 15) is 30.0 Å². The molecule has 7 nitrogen and oxygen atoms in total. The summed E-state index contributed by atoms with van der Waals surface area (Å²) < 4.78 is 0. The van der Waals surface area contributed by atoms with Gasteiger partial charge in [-0.2, -0.15) is 0 Å². The smallest absolute Gasteiger partial charge is 0.306 e. The Bertz CT molecular complexity index is 725. The molecule has 7 heteroatoms. The highest BCUT2D eigenvalue weighted by Crippen LogP contribution is 2.46. The summed E-state index contributed by atoms with van der Waals surface area (Å²) in [4.78, 5) is 22.8. The molecule has 0 radical (unpaired) electrons. The van der Waals surface area contributed by atoms with Gasteiger partial charge >= 0.3 is 5.97 Å². The van der Waals surface area contributed by atoms with Gasteiger partial charge in [-0.15, -0.1) is 0 Å². The number of carboxylic acid groups (broad SMARTS) is 1. The first-order valence-corrected chi connectivity index (χ1v) is 8.54. The Morgan fingerprint density at radius 2 is 2.04 bits per heavy atom. The molecule has 1 aromatic rings. The van der Waals surface area contributed by atoms with Gasteiger partial charge < -0.3 is 25.5 Å². The molecule has 3 unspecified atom stereocenters. The van der Waals surface area contributed by atoms with E-state index in [1.165, 1.54) is 24.3 Å². The molecule has 0 heterocycles. The highest BCUT2D eigenvalue weighted by Gasteiger charge is 2.45. The number of carboxylic acids is 1. The minimum atomic E-state index is -1.81. The van der Waals surface area contributed by atoms with Gasteiger partial charge in [-0.05, 0) is 23.6 Å². The molecule has 26 heavy (non-hydrogen) atoms. The van der Waals surface area contributed by atoms with Gasteiger partial charge in [-0.3, -0.25) is 9.59 Å². The number of benzene rings is 1. The van der Waals surface area contributed by atoms with Gasteiger partial charge in [0, 0.05) is 18.4 Å². The molecule has 0 aliphatic heterocycles. The van der Waals surface area contributed by atoms with Crippen LogP contribution >= 0.6 is 0 Å². The normalized spacial score (nSPS) is 24.0. The zero-order valence-electron chi connectivity index (χ0n) is 14.6. The van der Waals surface area contributed by atoms with Crippen LogP contribution in [0.3, 0.4) is 0 Å². The van der Waals surface area contributed by atoms with E-state index >= 15 is 0 Å². The monoisotopic (exact) mass is 364 g/mol. The summed E-state index contributed by atoms with van der Waals surface area (Å²) in [7, 11) is 0. The maximum atomic E-state index is 12.0. The van der Waals surface area contributed by atoms with Crippen molar-refractivity contribution in [3.05, 3.63) is 41.0 Å². The summed E-state index contributed by atoms with van der Waals surface area (Å²) in [6.07, 6.45) is -1.16. The van der Waals surface area contributed by atoms with Crippen LogP contribution in [0.25, 0.3) is 0 Å². The third-order valence-electron chi connectivity index (χ3n) is 4.57. The maximum Gasteiger partial charge on any atom is 0.306 e. The van der Waals surface area contributed by atoms with E-state index in [1.807, 2.05) is 6.92 Å². The fraction of sp³-hybridized carbons (Fsp3) is 0.474. The van der Waals surface area contributed by atoms with Crippen LogP contribution in [-0.2, 0) is 15.2 Å². The lowest BCUT2D eigenvalue weighted by Crippen LogP contribution is -2.28. The highest BCUT2D eigenvalue weighted by atomic mass is 16.4. The Morgan fingerprint density at radius 1 is 1.35 bits per heavy atom. The predicted octanol–water partition coefficient (Wildman–Crippen LogP) is 1.54. The first kappa shape index (κ1) is 20.1. The number of phenolic OH excluding ortho intramolecular Hbond substituents is 1. The van der Waals surface area contributed by atoms with Gasteiger partial charge in [-0.1, -0.05) is 31.6 Å². The van der Waals surface area contributed by atoms with Crippen molar-refractivity contribution in [3.63, 3.8) is 0 Å². The van der Waals surface area contributed by atoms with Crippen LogP contribution in [0.1, 0.15) is 56.3 Å². The molecule has 2 rings (SSSR count). The molecule has 3 atom stereocenters. The Labute approximate surface area is 151 Å². The molecular weight excluding hydrogens is 340 g/mol. The molecular formula is C19H24O7. The summed E-state index contributed by atoms with van der Waals surface area (Å²) >= 11 is 0. The second-order valence-electron chi connectivity index (χ2n) is 6.65. The van der Waals surface area contributed by atoms with Gasteiger partial charge in [-0.25, -0.2) is 0 Å². The number of rotatable bonds is 7. The molecule has 5 N–H and O–H groups in total. The van der Waals surface area contributed by atoms with E-state index < -0.39 is 30.2 Å². The Balaban J connectivity index is 2.53. The number of aliphatic carboxylic acids is 1.